The molecule has 21 heavy (non-hydrogen) atoms. The highest BCUT2D eigenvalue weighted by atomic mass is 32.2. The molecule has 7 nitrogen and oxygen atoms in total. The second-order valence-electron chi connectivity index (χ2n) is 4.97. The van der Waals surface area contributed by atoms with Gasteiger partial charge in [0.25, 0.3) is 0 Å². The Labute approximate surface area is 125 Å². The second kappa shape index (κ2) is 7.94. The maximum absolute atomic E-state index is 12.1. The van der Waals surface area contributed by atoms with Crippen molar-refractivity contribution in [3.63, 3.8) is 0 Å². The highest BCUT2D eigenvalue weighted by Crippen LogP contribution is 2.18. The number of anilines is 1. The normalized spacial score (nSPS) is 11.4. The van der Waals surface area contributed by atoms with E-state index < -0.39 is 10.0 Å². The number of hydrogen-bond acceptors (Lipinski definition) is 5. The van der Waals surface area contributed by atoms with E-state index in [1.165, 1.54) is 12.4 Å². The Morgan fingerprint density at radius 3 is 2.71 bits per heavy atom. The minimum atomic E-state index is -3.68. The first-order valence-electron chi connectivity index (χ1n) is 6.75. The summed E-state index contributed by atoms with van der Waals surface area (Å²) in [6.07, 6.45) is 2.87. The molecule has 0 atom stereocenters. The molecule has 0 unspecified atom stereocenters. The highest BCUT2D eigenvalue weighted by molar-refractivity contribution is 7.89. The van der Waals surface area contributed by atoms with Crippen molar-refractivity contribution in [3.8, 4) is 0 Å². The van der Waals surface area contributed by atoms with Crippen molar-refractivity contribution in [2.45, 2.75) is 25.2 Å². The summed E-state index contributed by atoms with van der Waals surface area (Å²) in [5.41, 5.74) is 0.460. The topological polar surface area (TPSA) is 100 Å². The third-order valence-corrected chi connectivity index (χ3v) is 4.18. The van der Waals surface area contributed by atoms with E-state index >= 15 is 0 Å². The molecule has 0 bridgehead atoms. The van der Waals surface area contributed by atoms with Gasteiger partial charge in [-0.05, 0) is 12.0 Å². The lowest BCUT2D eigenvalue weighted by Gasteiger charge is -2.11. The maximum atomic E-state index is 12.1. The van der Waals surface area contributed by atoms with E-state index in [2.05, 4.69) is 20.3 Å². The van der Waals surface area contributed by atoms with Gasteiger partial charge in [-0.3, -0.25) is 9.78 Å². The minimum absolute atomic E-state index is 0.0459. The van der Waals surface area contributed by atoms with Crippen molar-refractivity contribution < 1.29 is 13.2 Å². The fourth-order valence-electron chi connectivity index (χ4n) is 1.58. The molecule has 0 saturated heterocycles. The van der Waals surface area contributed by atoms with Gasteiger partial charge in [0.05, 0.1) is 5.69 Å². The molecule has 8 heteroatoms. The molecule has 1 amide bonds. The van der Waals surface area contributed by atoms with Crippen LogP contribution in [0.25, 0.3) is 0 Å². The Hall–Kier alpha value is -1.67. The molecule has 0 spiro atoms. The smallest absolute Gasteiger partial charge is 0.244 e. The predicted octanol–water partition coefficient (Wildman–Crippen LogP) is 0.564. The Kier molecular flexibility index (Phi) is 6.57. The predicted molar refractivity (Wildman–Crippen MR) is 81.4 cm³/mol. The van der Waals surface area contributed by atoms with Gasteiger partial charge in [0, 0.05) is 39.0 Å². The Morgan fingerprint density at radius 2 is 2.10 bits per heavy atom. The molecule has 3 N–H and O–H groups in total. The summed E-state index contributed by atoms with van der Waals surface area (Å²) in [5, 5.41) is 5.53. The van der Waals surface area contributed by atoms with Gasteiger partial charge < -0.3 is 10.6 Å². The number of hydrogen-bond donors (Lipinski definition) is 3. The van der Waals surface area contributed by atoms with Crippen LogP contribution in [0.3, 0.4) is 0 Å². The van der Waals surface area contributed by atoms with Crippen LogP contribution in [0.1, 0.15) is 20.3 Å². The molecule has 0 aliphatic heterocycles. The van der Waals surface area contributed by atoms with Crippen LogP contribution in [0.5, 0.6) is 0 Å². The standard InChI is InChI=1S/C13H22N4O3S/c1-10(2)8-16-13(18)5-7-17-21(19,20)12-9-15-6-4-11(12)14-3/h4,6,9-10,17H,5,7-8H2,1-3H3,(H,14,15)(H,16,18). The van der Waals surface area contributed by atoms with E-state index in [0.717, 1.165) is 0 Å². The molecule has 0 aliphatic carbocycles. The zero-order valence-electron chi connectivity index (χ0n) is 12.5. The lowest BCUT2D eigenvalue weighted by molar-refractivity contribution is -0.121. The van der Waals surface area contributed by atoms with Gasteiger partial charge in [-0.2, -0.15) is 0 Å². The van der Waals surface area contributed by atoms with Gasteiger partial charge in [-0.1, -0.05) is 13.8 Å². The van der Waals surface area contributed by atoms with Gasteiger partial charge in [0.15, 0.2) is 0 Å². The van der Waals surface area contributed by atoms with Gasteiger partial charge in [-0.15, -0.1) is 0 Å². The summed E-state index contributed by atoms with van der Waals surface area (Å²) in [7, 11) is -2.05. The van der Waals surface area contributed by atoms with E-state index in [9.17, 15) is 13.2 Å². The second-order valence-corrected chi connectivity index (χ2v) is 6.70. The van der Waals surface area contributed by atoms with Crippen molar-refractivity contribution in [3.05, 3.63) is 18.5 Å². The molecule has 118 valence electrons. The molecule has 1 aromatic rings. The number of nitrogens with zero attached hydrogens (tertiary/aromatic N) is 1. The maximum Gasteiger partial charge on any atom is 0.244 e. The molecule has 0 fully saturated rings. The average molecular weight is 314 g/mol. The zero-order chi connectivity index (χ0) is 15.9. The highest BCUT2D eigenvalue weighted by Gasteiger charge is 2.18. The lowest BCUT2D eigenvalue weighted by Crippen LogP contribution is -2.32. The van der Waals surface area contributed by atoms with Crippen molar-refractivity contribution in [1.29, 1.82) is 0 Å². The van der Waals surface area contributed by atoms with Crippen LogP contribution >= 0.6 is 0 Å². The average Bonchev–Trinajstić information content (AvgIpc) is 2.44. The number of nitrogens with one attached hydrogen (secondary N) is 3. The molecule has 1 aromatic heterocycles. The van der Waals surface area contributed by atoms with Crippen molar-refractivity contribution in [1.82, 2.24) is 15.0 Å². The van der Waals surface area contributed by atoms with E-state index in [4.69, 9.17) is 0 Å². The van der Waals surface area contributed by atoms with Gasteiger partial charge in [0.1, 0.15) is 4.90 Å². The number of rotatable bonds is 8. The van der Waals surface area contributed by atoms with Crippen LogP contribution in [-0.4, -0.2) is 39.4 Å². The van der Waals surface area contributed by atoms with Crippen molar-refractivity contribution in [2.24, 2.45) is 5.92 Å². The number of sulfonamides is 1. The van der Waals surface area contributed by atoms with E-state index in [1.54, 1.807) is 13.1 Å². The first-order chi connectivity index (χ1) is 9.86. The van der Waals surface area contributed by atoms with E-state index in [-0.39, 0.29) is 23.8 Å². The Balaban J connectivity index is 2.56. The van der Waals surface area contributed by atoms with E-state index in [0.29, 0.717) is 18.2 Å². The van der Waals surface area contributed by atoms with Gasteiger partial charge >= 0.3 is 0 Å². The molecule has 0 saturated carbocycles. The van der Waals surface area contributed by atoms with Crippen LogP contribution in [0.2, 0.25) is 0 Å². The molecule has 1 heterocycles. The van der Waals surface area contributed by atoms with Crippen LogP contribution < -0.4 is 15.4 Å². The number of carbonyl (C=O) groups excluding carboxylic acids is 1. The van der Waals surface area contributed by atoms with Crippen LogP contribution in [0.15, 0.2) is 23.4 Å². The van der Waals surface area contributed by atoms with Crippen LogP contribution in [0.4, 0.5) is 5.69 Å². The summed E-state index contributed by atoms with van der Waals surface area (Å²) in [6.45, 7) is 4.61. The van der Waals surface area contributed by atoms with Gasteiger partial charge in [0.2, 0.25) is 15.9 Å². The largest absolute Gasteiger partial charge is 0.387 e. The van der Waals surface area contributed by atoms with Crippen LogP contribution in [-0.2, 0) is 14.8 Å². The molecule has 0 aromatic carbocycles. The lowest BCUT2D eigenvalue weighted by atomic mass is 10.2. The fraction of sp³-hybridized carbons (Fsp3) is 0.538. The minimum Gasteiger partial charge on any atom is -0.387 e. The molecular weight excluding hydrogens is 292 g/mol. The summed E-state index contributed by atoms with van der Waals surface area (Å²) < 4.78 is 26.7. The van der Waals surface area contributed by atoms with Gasteiger partial charge in [-0.25, -0.2) is 13.1 Å². The summed E-state index contributed by atoms with van der Waals surface area (Å²) in [4.78, 5) is 15.4. The third kappa shape index (κ3) is 5.68. The molecule has 0 aliphatic rings. The quantitative estimate of drug-likeness (QED) is 0.651. The van der Waals surface area contributed by atoms with Crippen molar-refractivity contribution >= 4 is 21.6 Å². The summed E-state index contributed by atoms with van der Waals surface area (Å²) in [5.74, 6) is 0.186. The third-order valence-electron chi connectivity index (χ3n) is 2.69. The number of aromatic nitrogens is 1. The SMILES string of the molecule is CNc1ccncc1S(=O)(=O)NCCC(=O)NCC(C)C. The first kappa shape index (κ1) is 17.4. The molecular formula is C13H22N4O3S. The zero-order valence-corrected chi connectivity index (χ0v) is 13.3. The number of pyridine rings is 1. The first-order valence-corrected chi connectivity index (χ1v) is 8.23. The van der Waals surface area contributed by atoms with Crippen molar-refractivity contribution in [2.75, 3.05) is 25.5 Å². The summed E-state index contributed by atoms with van der Waals surface area (Å²) in [6, 6.07) is 1.57. The van der Waals surface area contributed by atoms with E-state index in [1.807, 2.05) is 13.8 Å². The fourth-order valence-corrected chi connectivity index (χ4v) is 2.77. The molecule has 0 radical (unpaired) electrons. The number of carbonyl (C=O) groups is 1. The monoisotopic (exact) mass is 314 g/mol. The Bertz CT molecular complexity index is 573. The summed E-state index contributed by atoms with van der Waals surface area (Å²) >= 11 is 0. The Morgan fingerprint density at radius 1 is 1.38 bits per heavy atom. The van der Waals surface area contributed by atoms with Crippen LogP contribution in [0, 0.1) is 5.92 Å². The molecule has 1 rings (SSSR count). The number of amides is 1.